The molecule has 0 aliphatic rings. The number of nitrogens with zero attached hydrogens (tertiary/aromatic N) is 1. The van der Waals surface area contributed by atoms with Gasteiger partial charge in [-0.1, -0.05) is 64.7 Å². The van der Waals surface area contributed by atoms with E-state index in [0.29, 0.717) is 0 Å². The van der Waals surface area contributed by atoms with E-state index in [1.807, 2.05) is 0 Å². The van der Waals surface area contributed by atoms with Crippen molar-refractivity contribution >= 4 is 18.5 Å². The van der Waals surface area contributed by atoms with Crippen LogP contribution in [0.2, 0.25) is 0 Å². The summed E-state index contributed by atoms with van der Waals surface area (Å²) in [5.74, 6) is 0. The van der Waals surface area contributed by atoms with Gasteiger partial charge in [-0.05, 0) is 37.8 Å². The topological polar surface area (TPSA) is 23.8 Å². The number of hydrogen-bond donors (Lipinski definition) is 0. The van der Waals surface area contributed by atoms with Crippen LogP contribution in [0.1, 0.15) is 71.1 Å². The molecule has 0 heterocycles. The van der Waals surface area contributed by atoms with E-state index in [9.17, 15) is 0 Å². The smallest absolute Gasteiger partial charge is 0.137 e. The minimum absolute atomic E-state index is 0.0596. The summed E-state index contributed by atoms with van der Waals surface area (Å²) in [7, 11) is -0.0596. The Hall–Kier alpha value is 0.270. The lowest BCUT2D eigenvalue weighted by molar-refractivity contribution is 0.563. The van der Waals surface area contributed by atoms with Gasteiger partial charge in [-0.25, -0.2) is 0 Å². The molecular formula is C14H28NPS. The SMILES string of the molecule is CCCCCCCCCCCCP(C)SC#N. The normalized spacial score (nSPS) is 12.3. The molecule has 3 heteroatoms. The Morgan fingerprint density at radius 3 is 1.82 bits per heavy atom. The largest absolute Gasteiger partial charge is 0.185 e. The Morgan fingerprint density at radius 2 is 1.35 bits per heavy atom. The molecule has 1 unspecified atom stereocenters. The quantitative estimate of drug-likeness (QED) is 0.242. The predicted molar refractivity (Wildman–Crippen MR) is 82.8 cm³/mol. The summed E-state index contributed by atoms with van der Waals surface area (Å²) in [6.07, 6.45) is 15.3. The summed E-state index contributed by atoms with van der Waals surface area (Å²) < 4.78 is 0. The van der Waals surface area contributed by atoms with Crippen molar-refractivity contribution in [1.82, 2.24) is 0 Å². The van der Waals surface area contributed by atoms with Crippen molar-refractivity contribution in [1.29, 1.82) is 5.26 Å². The van der Waals surface area contributed by atoms with Crippen molar-refractivity contribution < 1.29 is 0 Å². The second-order valence-corrected chi connectivity index (χ2v) is 9.20. The van der Waals surface area contributed by atoms with Crippen molar-refractivity contribution in [3.8, 4) is 5.40 Å². The molecule has 0 saturated heterocycles. The van der Waals surface area contributed by atoms with E-state index in [0.717, 1.165) is 0 Å². The monoisotopic (exact) mass is 273 g/mol. The van der Waals surface area contributed by atoms with E-state index >= 15 is 0 Å². The van der Waals surface area contributed by atoms with Crippen LogP contribution in [0, 0.1) is 10.7 Å². The van der Waals surface area contributed by atoms with Crippen LogP contribution in [0.15, 0.2) is 0 Å². The second kappa shape index (κ2) is 14.3. The molecule has 0 amide bonds. The molecule has 0 radical (unpaired) electrons. The van der Waals surface area contributed by atoms with E-state index in [2.05, 4.69) is 19.0 Å². The fraction of sp³-hybridized carbons (Fsp3) is 0.929. The van der Waals surface area contributed by atoms with E-state index < -0.39 is 0 Å². The maximum Gasteiger partial charge on any atom is 0.137 e. The number of unbranched alkanes of at least 4 members (excludes halogenated alkanes) is 9. The fourth-order valence-electron chi connectivity index (χ4n) is 1.94. The molecule has 0 aromatic rings. The summed E-state index contributed by atoms with van der Waals surface area (Å²) in [6, 6.07) is 0. The van der Waals surface area contributed by atoms with Crippen molar-refractivity contribution in [2.45, 2.75) is 71.1 Å². The average molecular weight is 273 g/mol. The Bertz CT molecular complexity index is 191. The van der Waals surface area contributed by atoms with Crippen LogP contribution in [0.4, 0.5) is 0 Å². The first-order chi connectivity index (χ1) is 8.31. The number of nitriles is 1. The maximum absolute atomic E-state index is 8.53. The van der Waals surface area contributed by atoms with Crippen molar-refractivity contribution in [2.24, 2.45) is 0 Å². The molecule has 0 spiro atoms. The van der Waals surface area contributed by atoms with Crippen LogP contribution in [-0.4, -0.2) is 12.8 Å². The Balaban J connectivity index is 3.01. The summed E-state index contributed by atoms with van der Waals surface area (Å²) in [4.78, 5) is 0. The van der Waals surface area contributed by atoms with E-state index in [4.69, 9.17) is 5.26 Å². The fourth-order valence-corrected chi connectivity index (χ4v) is 3.92. The molecule has 0 aromatic heterocycles. The van der Waals surface area contributed by atoms with Gasteiger partial charge in [-0.15, -0.1) is 0 Å². The molecule has 0 fully saturated rings. The molecule has 17 heavy (non-hydrogen) atoms. The molecule has 0 N–H and O–H groups in total. The van der Waals surface area contributed by atoms with Crippen LogP contribution in [0.25, 0.3) is 0 Å². The highest BCUT2D eigenvalue weighted by molar-refractivity contribution is 8.57. The first kappa shape index (κ1) is 17.3. The third-order valence-electron chi connectivity index (χ3n) is 3.02. The van der Waals surface area contributed by atoms with Gasteiger partial charge in [-0.2, -0.15) is 5.26 Å². The summed E-state index contributed by atoms with van der Waals surface area (Å²) in [6.45, 7) is 4.49. The van der Waals surface area contributed by atoms with Crippen LogP contribution in [-0.2, 0) is 0 Å². The van der Waals surface area contributed by atoms with Gasteiger partial charge in [0.25, 0.3) is 0 Å². The number of hydrogen-bond acceptors (Lipinski definition) is 2. The van der Waals surface area contributed by atoms with Crippen molar-refractivity contribution in [3.05, 3.63) is 0 Å². The standard InChI is InChI=1S/C14H28NPS/c1-3-4-5-6-7-8-9-10-11-12-13-16(2)17-14-15/h3-13H2,1-2H3. The van der Waals surface area contributed by atoms with Gasteiger partial charge in [0, 0.05) is 0 Å². The van der Waals surface area contributed by atoms with E-state index in [1.165, 1.54) is 81.8 Å². The summed E-state index contributed by atoms with van der Waals surface area (Å²) >= 11 is 1.48. The third kappa shape index (κ3) is 14.2. The van der Waals surface area contributed by atoms with E-state index in [1.54, 1.807) is 0 Å². The molecule has 100 valence electrons. The minimum atomic E-state index is -0.0596. The van der Waals surface area contributed by atoms with Crippen molar-refractivity contribution in [3.63, 3.8) is 0 Å². The van der Waals surface area contributed by atoms with Crippen LogP contribution < -0.4 is 0 Å². The summed E-state index contributed by atoms with van der Waals surface area (Å²) in [5.41, 5.74) is 0. The third-order valence-corrected chi connectivity index (χ3v) is 6.09. The lowest BCUT2D eigenvalue weighted by Gasteiger charge is -2.06. The van der Waals surface area contributed by atoms with E-state index in [-0.39, 0.29) is 7.12 Å². The number of thiocyanates is 1. The Labute approximate surface area is 113 Å². The Kier molecular flexibility index (Phi) is 14.6. The predicted octanol–water partition coefficient (Wildman–Crippen LogP) is 6.15. The maximum atomic E-state index is 8.53. The lowest BCUT2D eigenvalue weighted by Crippen LogP contribution is -1.84. The lowest BCUT2D eigenvalue weighted by atomic mass is 10.1. The molecule has 0 rings (SSSR count). The molecule has 0 saturated carbocycles. The van der Waals surface area contributed by atoms with Gasteiger partial charge >= 0.3 is 0 Å². The molecule has 0 aliphatic heterocycles. The Morgan fingerprint density at radius 1 is 0.882 bits per heavy atom. The first-order valence-electron chi connectivity index (χ1n) is 7.08. The van der Waals surface area contributed by atoms with Gasteiger partial charge in [0.2, 0.25) is 0 Å². The van der Waals surface area contributed by atoms with Gasteiger partial charge in [0.1, 0.15) is 5.40 Å². The van der Waals surface area contributed by atoms with Crippen LogP contribution in [0.3, 0.4) is 0 Å². The average Bonchev–Trinajstić information content (AvgIpc) is 2.32. The molecule has 1 nitrogen and oxygen atoms in total. The molecule has 0 bridgehead atoms. The van der Waals surface area contributed by atoms with Crippen molar-refractivity contribution in [2.75, 3.05) is 12.8 Å². The van der Waals surface area contributed by atoms with Gasteiger partial charge in [-0.3, -0.25) is 0 Å². The molecule has 0 aromatic carbocycles. The minimum Gasteiger partial charge on any atom is -0.185 e. The zero-order valence-electron chi connectivity index (χ0n) is 11.6. The molecule has 1 atom stereocenters. The first-order valence-corrected chi connectivity index (χ1v) is 10.5. The summed E-state index contributed by atoms with van der Waals surface area (Å²) in [5, 5.41) is 10.7. The van der Waals surface area contributed by atoms with Gasteiger partial charge in [0.15, 0.2) is 0 Å². The van der Waals surface area contributed by atoms with Gasteiger partial charge < -0.3 is 0 Å². The van der Waals surface area contributed by atoms with Crippen LogP contribution >= 0.6 is 18.5 Å². The highest BCUT2D eigenvalue weighted by atomic mass is 32.7. The van der Waals surface area contributed by atoms with Gasteiger partial charge in [0.05, 0.1) is 0 Å². The zero-order chi connectivity index (χ0) is 12.8. The highest BCUT2D eigenvalue weighted by Gasteiger charge is 2.00. The van der Waals surface area contributed by atoms with Crippen LogP contribution in [0.5, 0.6) is 0 Å². The highest BCUT2D eigenvalue weighted by Crippen LogP contribution is 2.45. The molecular weight excluding hydrogens is 245 g/mol. The number of rotatable bonds is 12. The second-order valence-electron chi connectivity index (χ2n) is 4.72. The zero-order valence-corrected chi connectivity index (χ0v) is 13.3. The molecule has 0 aliphatic carbocycles.